The monoisotopic (exact) mass is 248 g/mol. The third kappa shape index (κ3) is 2.28. The molecule has 3 N–H and O–H groups in total. The van der Waals surface area contributed by atoms with E-state index < -0.39 is 5.97 Å². The van der Waals surface area contributed by atoms with Crippen molar-refractivity contribution < 1.29 is 9.53 Å². The minimum atomic E-state index is -0.393. The molecule has 1 aliphatic rings. The summed E-state index contributed by atoms with van der Waals surface area (Å²) in [6.07, 6.45) is 4.72. The van der Waals surface area contributed by atoms with Crippen molar-refractivity contribution in [2.45, 2.75) is 38.1 Å². The van der Waals surface area contributed by atoms with Gasteiger partial charge < -0.3 is 15.8 Å². The number of nitrogen functional groups attached to an aromatic ring is 1. The van der Waals surface area contributed by atoms with Crippen molar-refractivity contribution in [3.8, 4) is 0 Å². The average Bonchev–Trinajstić information content (AvgIpc) is 2.35. The number of anilines is 2. The number of nitrogens with one attached hydrogen (secondary N) is 1. The van der Waals surface area contributed by atoms with Gasteiger partial charge in [-0.3, -0.25) is 0 Å². The van der Waals surface area contributed by atoms with E-state index in [4.69, 9.17) is 10.5 Å². The van der Waals surface area contributed by atoms with Crippen molar-refractivity contribution in [3.63, 3.8) is 0 Å². The van der Waals surface area contributed by atoms with Gasteiger partial charge in [-0.1, -0.05) is 6.92 Å². The number of ether oxygens (including phenoxy) is 1. The first-order valence-corrected chi connectivity index (χ1v) is 6.36. The fraction of sp³-hybridized carbons (Fsp3) is 0.500. The van der Waals surface area contributed by atoms with Gasteiger partial charge in [-0.05, 0) is 43.9 Å². The van der Waals surface area contributed by atoms with Gasteiger partial charge in [0.15, 0.2) is 0 Å². The van der Waals surface area contributed by atoms with Gasteiger partial charge in [0, 0.05) is 16.9 Å². The number of carbonyl (C=O) groups excluding carboxylic acids is 1. The molecular weight excluding hydrogens is 228 g/mol. The molecule has 0 bridgehead atoms. The van der Waals surface area contributed by atoms with E-state index in [-0.39, 0.29) is 5.54 Å². The van der Waals surface area contributed by atoms with Crippen molar-refractivity contribution in [1.82, 2.24) is 0 Å². The van der Waals surface area contributed by atoms with E-state index in [0.29, 0.717) is 11.3 Å². The van der Waals surface area contributed by atoms with E-state index in [1.54, 1.807) is 12.1 Å². The Morgan fingerprint density at radius 2 is 2.22 bits per heavy atom. The number of nitrogens with two attached hydrogens (primary N) is 1. The molecule has 0 atom stereocenters. The Morgan fingerprint density at radius 3 is 2.72 bits per heavy atom. The molecule has 0 aliphatic heterocycles. The molecule has 2 rings (SSSR count). The quantitative estimate of drug-likeness (QED) is 0.635. The summed E-state index contributed by atoms with van der Waals surface area (Å²) in [5.41, 5.74) is 7.79. The molecule has 0 saturated heterocycles. The summed E-state index contributed by atoms with van der Waals surface area (Å²) in [4.78, 5) is 11.6. The Morgan fingerprint density at radius 1 is 1.50 bits per heavy atom. The van der Waals surface area contributed by atoms with Crippen LogP contribution in [0.5, 0.6) is 0 Å². The Labute approximate surface area is 108 Å². The van der Waals surface area contributed by atoms with Crippen molar-refractivity contribution in [1.29, 1.82) is 0 Å². The molecule has 1 aliphatic carbocycles. The zero-order valence-corrected chi connectivity index (χ0v) is 11.0. The first-order valence-electron chi connectivity index (χ1n) is 6.36. The minimum absolute atomic E-state index is 0.198. The fourth-order valence-corrected chi connectivity index (χ4v) is 2.40. The third-order valence-electron chi connectivity index (χ3n) is 3.86. The number of hydrogen-bond acceptors (Lipinski definition) is 4. The number of esters is 1. The van der Waals surface area contributed by atoms with Crippen LogP contribution in [-0.2, 0) is 4.74 Å². The number of methoxy groups -OCH3 is 1. The van der Waals surface area contributed by atoms with Gasteiger partial charge in [0.25, 0.3) is 0 Å². The lowest BCUT2D eigenvalue weighted by Gasteiger charge is -2.43. The normalized spacial score (nSPS) is 16.8. The Balaban J connectivity index is 2.21. The van der Waals surface area contributed by atoms with Crippen LogP contribution in [0.2, 0.25) is 0 Å². The van der Waals surface area contributed by atoms with Crippen LogP contribution in [0.4, 0.5) is 11.4 Å². The maximum atomic E-state index is 11.6. The van der Waals surface area contributed by atoms with Crippen LogP contribution < -0.4 is 11.1 Å². The SMILES string of the molecule is CCC1(Nc2ccc(N)c(C(=O)OC)c2)CCC1. The first-order chi connectivity index (χ1) is 8.60. The molecule has 0 spiro atoms. The summed E-state index contributed by atoms with van der Waals surface area (Å²) >= 11 is 0. The number of carbonyl (C=O) groups is 1. The molecular formula is C14H20N2O2. The Hall–Kier alpha value is -1.71. The highest BCUT2D eigenvalue weighted by Gasteiger charge is 2.34. The first kappa shape index (κ1) is 12.7. The molecule has 1 fully saturated rings. The molecule has 4 heteroatoms. The molecule has 1 aromatic rings. The van der Waals surface area contributed by atoms with Gasteiger partial charge in [0.05, 0.1) is 12.7 Å². The zero-order valence-electron chi connectivity index (χ0n) is 11.0. The van der Waals surface area contributed by atoms with Crippen molar-refractivity contribution in [2.75, 3.05) is 18.2 Å². The van der Waals surface area contributed by atoms with E-state index in [9.17, 15) is 4.79 Å². The van der Waals surface area contributed by atoms with Crippen molar-refractivity contribution >= 4 is 17.3 Å². The molecule has 1 aromatic carbocycles. The highest BCUT2D eigenvalue weighted by atomic mass is 16.5. The minimum Gasteiger partial charge on any atom is -0.465 e. The van der Waals surface area contributed by atoms with Crippen LogP contribution in [0.15, 0.2) is 18.2 Å². The standard InChI is InChI=1S/C14H20N2O2/c1-3-14(7-4-8-14)16-10-5-6-12(15)11(9-10)13(17)18-2/h5-6,9,16H,3-4,7-8,15H2,1-2H3. The summed E-state index contributed by atoms with van der Waals surface area (Å²) in [6.45, 7) is 2.19. The molecule has 98 valence electrons. The summed E-state index contributed by atoms with van der Waals surface area (Å²) in [7, 11) is 1.36. The molecule has 0 aromatic heterocycles. The highest BCUT2D eigenvalue weighted by molar-refractivity contribution is 5.96. The van der Waals surface area contributed by atoms with Gasteiger partial charge in [0.2, 0.25) is 0 Å². The van der Waals surface area contributed by atoms with Crippen molar-refractivity contribution in [2.24, 2.45) is 0 Å². The van der Waals surface area contributed by atoms with Gasteiger partial charge in [-0.2, -0.15) is 0 Å². The summed E-state index contributed by atoms with van der Waals surface area (Å²) in [6, 6.07) is 5.44. The molecule has 0 unspecified atom stereocenters. The summed E-state index contributed by atoms with van der Waals surface area (Å²) in [5.74, 6) is -0.393. The van der Waals surface area contributed by atoms with Gasteiger partial charge in [-0.25, -0.2) is 4.79 Å². The van der Waals surface area contributed by atoms with Crippen LogP contribution in [0, 0.1) is 0 Å². The van der Waals surface area contributed by atoms with Crippen LogP contribution in [-0.4, -0.2) is 18.6 Å². The maximum absolute atomic E-state index is 11.6. The van der Waals surface area contributed by atoms with Gasteiger partial charge >= 0.3 is 5.97 Å². The number of rotatable bonds is 4. The predicted molar refractivity (Wildman–Crippen MR) is 72.7 cm³/mol. The molecule has 1 saturated carbocycles. The molecule has 18 heavy (non-hydrogen) atoms. The lowest BCUT2D eigenvalue weighted by atomic mass is 9.74. The van der Waals surface area contributed by atoms with E-state index >= 15 is 0 Å². The predicted octanol–water partition coefficient (Wildman–Crippen LogP) is 2.80. The fourth-order valence-electron chi connectivity index (χ4n) is 2.40. The van der Waals surface area contributed by atoms with E-state index in [0.717, 1.165) is 12.1 Å². The summed E-state index contributed by atoms with van der Waals surface area (Å²) in [5, 5.41) is 3.52. The van der Waals surface area contributed by atoms with Crippen LogP contribution in [0.1, 0.15) is 43.0 Å². The van der Waals surface area contributed by atoms with Crippen molar-refractivity contribution in [3.05, 3.63) is 23.8 Å². The maximum Gasteiger partial charge on any atom is 0.340 e. The van der Waals surface area contributed by atoms with E-state index in [1.807, 2.05) is 6.07 Å². The molecule has 0 heterocycles. The largest absolute Gasteiger partial charge is 0.465 e. The zero-order chi connectivity index (χ0) is 13.2. The lowest BCUT2D eigenvalue weighted by molar-refractivity contribution is 0.0602. The molecule has 4 nitrogen and oxygen atoms in total. The second-order valence-corrected chi connectivity index (χ2v) is 4.91. The van der Waals surface area contributed by atoms with E-state index in [2.05, 4.69) is 12.2 Å². The number of hydrogen-bond donors (Lipinski definition) is 2. The van der Waals surface area contributed by atoms with Crippen LogP contribution in [0.3, 0.4) is 0 Å². The van der Waals surface area contributed by atoms with Crippen LogP contribution >= 0.6 is 0 Å². The molecule has 0 radical (unpaired) electrons. The van der Waals surface area contributed by atoms with Crippen LogP contribution in [0.25, 0.3) is 0 Å². The smallest absolute Gasteiger partial charge is 0.340 e. The second kappa shape index (κ2) is 4.88. The summed E-state index contributed by atoms with van der Waals surface area (Å²) < 4.78 is 4.72. The average molecular weight is 248 g/mol. The van der Waals surface area contributed by atoms with Gasteiger partial charge in [0.1, 0.15) is 0 Å². The number of benzene rings is 1. The molecule has 0 amide bonds. The second-order valence-electron chi connectivity index (χ2n) is 4.91. The topological polar surface area (TPSA) is 64.3 Å². The Bertz CT molecular complexity index is 448. The van der Waals surface area contributed by atoms with E-state index in [1.165, 1.54) is 26.4 Å². The lowest BCUT2D eigenvalue weighted by Crippen LogP contribution is -2.44. The van der Waals surface area contributed by atoms with Gasteiger partial charge in [-0.15, -0.1) is 0 Å². The third-order valence-corrected chi connectivity index (χ3v) is 3.86. The highest BCUT2D eigenvalue weighted by Crippen LogP contribution is 2.38. The Kier molecular flexibility index (Phi) is 3.45.